The minimum atomic E-state index is -0.190. The molecule has 0 radical (unpaired) electrons. The third kappa shape index (κ3) is 5.90. The molecule has 0 bridgehead atoms. The van der Waals surface area contributed by atoms with Crippen molar-refractivity contribution in [3.63, 3.8) is 0 Å². The fraction of sp³-hybridized carbons (Fsp3) is 0.455. The highest BCUT2D eigenvalue weighted by atomic mass is 19.1. The molecule has 0 atom stereocenters. The number of hydrogen-bond donors (Lipinski definition) is 2. The molecule has 2 aromatic rings. The molecule has 1 aromatic heterocycles. The summed E-state index contributed by atoms with van der Waals surface area (Å²) in [7, 11) is 3.92. The summed E-state index contributed by atoms with van der Waals surface area (Å²) < 4.78 is 13.2. The number of likely N-dealkylation sites (N-methyl/N-ethyl adjacent to an activating group) is 1. The summed E-state index contributed by atoms with van der Waals surface area (Å²) in [5.74, 6) is 1.60. The number of rotatable bonds is 6. The summed E-state index contributed by atoms with van der Waals surface area (Å²) in [6, 6.07) is 9.02. The van der Waals surface area contributed by atoms with Crippen molar-refractivity contribution in [2.75, 3.05) is 51.7 Å². The average molecular weight is 399 g/mol. The zero-order valence-corrected chi connectivity index (χ0v) is 17.6. The van der Waals surface area contributed by atoms with Gasteiger partial charge in [-0.1, -0.05) is 12.1 Å². The number of halogens is 1. The highest BCUT2D eigenvalue weighted by Gasteiger charge is 2.18. The molecule has 1 aliphatic rings. The average Bonchev–Trinajstić information content (AvgIpc) is 2.73. The molecule has 1 saturated heterocycles. The van der Waals surface area contributed by atoms with Crippen LogP contribution in [0.4, 0.5) is 10.2 Å². The molecular weight excluding hydrogens is 367 g/mol. The first-order valence-corrected chi connectivity index (χ1v) is 10.1. The van der Waals surface area contributed by atoms with Crippen molar-refractivity contribution >= 4 is 11.8 Å². The lowest BCUT2D eigenvalue weighted by molar-refractivity contribution is 0.312. The number of hydrogen-bond acceptors (Lipinski definition) is 4. The zero-order valence-electron chi connectivity index (χ0n) is 17.6. The van der Waals surface area contributed by atoms with Crippen LogP contribution in [-0.4, -0.2) is 62.7 Å². The molecule has 1 aliphatic heterocycles. The van der Waals surface area contributed by atoms with Crippen molar-refractivity contribution in [3.8, 4) is 0 Å². The van der Waals surface area contributed by atoms with Gasteiger partial charge in [0.25, 0.3) is 0 Å². The second-order valence-electron chi connectivity index (χ2n) is 7.45. The third-order valence-electron chi connectivity index (χ3n) is 5.33. The van der Waals surface area contributed by atoms with Crippen molar-refractivity contribution in [2.24, 2.45) is 4.99 Å². The Hall–Kier alpha value is -2.67. The van der Waals surface area contributed by atoms with Crippen LogP contribution < -0.4 is 15.5 Å². The lowest BCUT2D eigenvalue weighted by Gasteiger charge is -2.34. The Morgan fingerprint density at radius 2 is 1.93 bits per heavy atom. The van der Waals surface area contributed by atoms with E-state index in [-0.39, 0.29) is 5.82 Å². The normalized spacial score (nSPS) is 15.4. The smallest absolute Gasteiger partial charge is 0.191 e. The zero-order chi connectivity index (χ0) is 20.6. The molecule has 2 heterocycles. The topological polar surface area (TPSA) is 55.8 Å². The number of benzene rings is 1. The SMILES string of the molecule is CN=C(NCCc1ccc(F)cc1C)NCc1cccnc1N1CCN(C)CC1. The first-order chi connectivity index (χ1) is 14.1. The van der Waals surface area contributed by atoms with E-state index in [2.05, 4.69) is 43.5 Å². The lowest BCUT2D eigenvalue weighted by atomic mass is 10.1. The van der Waals surface area contributed by atoms with Crippen molar-refractivity contribution in [1.82, 2.24) is 20.5 Å². The van der Waals surface area contributed by atoms with Gasteiger partial charge >= 0.3 is 0 Å². The van der Waals surface area contributed by atoms with Gasteiger partial charge in [-0.3, -0.25) is 4.99 Å². The first kappa shape index (κ1) is 21.0. The quantitative estimate of drug-likeness (QED) is 0.577. The number of anilines is 1. The van der Waals surface area contributed by atoms with Gasteiger partial charge in [-0.2, -0.15) is 0 Å². The number of nitrogens with zero attached hydrogens (tertiary/aromatic N) is 4. The van der Waals surface area contributed by atoms with E-state index in [0.29, 0.717) is 6.54 Å². The Bertz CT molecular complexity index is 830. The second-order valence-corrected chi connectivity index (χ2v) is 7.45. The van der Waals surface area contributed by atoms with Crippen LogP contribution in [0.3, 0.4) is 0 Å². The Morgan fingerprint density at radius 3 is 2.66 bits per heavy atom. The maximum Gasteiger partial charge on any atom is 0.191 e. The van der Waals surface area contributed by atoms with Crippen LogP contribution in [0.2, 0.25) is 0 Å². The molecule has 0 amide bonds. The van der Waals surface area contributed by atoms with Gasteiger partial charge in [0.2, 0.25) is 0 Å². The van der Waals surface area contributed by atoms with Gasteiger partial charge in [-0.15, -0.1) is 0 Å². The Kier molecular flexibility index (Phi) is 7.41. The molecule has 2 N–H and O–H groups in total. The van der Waals surface area contributed by atoms with Crippen LogP contribution in [0.5, 0.6) is 0 Å². The van der Waals surface area contributed by atoms with E-state index in [1.807, 2.05) is 25.3 Å². The number of aryl methyl sites for hydroxylation is 1. The minimum absolute atomic E-state index is 0.190. The maximum atomic E-state index is 13.2. The largest absolute Gasteiger partial charge is 0.356 e. The first-order valence-electron chi connectivity index (χ1n) is 10.1. The lowest BCUT2D eigenvalue weighted by Crippen LogP contribution is -2.45. The van der Waals surface area contributed by atoms with Crippen molar-refractivity contribution < 1.29 is 4.39 Å². The summed E-state index contributed by atoms with van der Waals surface area (Å²) in [5.41, 5.74) is 3.27. The summed E-state index contributed by atoms with van der Waals surface area (Å²) in [6.07, 6.45) is 2.67. The Labute approximate surface area is 172 Å². The highest BCUT2D eigenvalue weighted by molar-refractivity contribution is 5.79. The number of aliphatic imine (C=N–C) groups is 1. The van der Waals surface area contributed by atoms with Gasteiger partial charge in [0, 0.05) is 58.1 Å². The van der Waals surface area contributed by atoms with Crippen LogP contribution in [0.25, 0.3) is 0 Å². The molecule has 1 fully saturated rings. The molecule has 0 unspecified atom stereocenters. The van der Waals surface area contributed by atoms with Gasteiger partial charge in [0.15, 0.2) is 5.96 Å². The van der Waals surface area contributed by atoms with Gasteiger partial charge in [0.1, 0.15) is 11.6 Å². The number of piperazine rings is 1. The fourth-order valence-corrected chi connectivity index (χ4v) is 3.53. The van der Waals surface area contributed by atoms with Crippen molar-refractivity contribution in [1.29, 1.82) is 0 Å². The second kappa shape index (κ2) is 10.2. The molecule has 3 rings (SSSR count). The molecule has 7 heteroatoms. The molecule has 6 nitrogen and oxygen atoms in total. The van der Waals surface area contributed by atoms with Gasteiger partial charge in [-0.25, -0.2) is 9.37 Å². The predicted molar refractivity (Wildman–Crippen MR) is 117 cm³/mol. The molecule has 156 valence electrons. The standard InChI is InChI=1S/C22H31FN6/c1-17-15-20(23)7-6-18(17)8-10-26-22(24-2)27-16-19-5-4-9-25-21(19)29-13-11-28(3)12-14-29/h4-7,9,15H,8,10-14,16H2,1-3H3,(H2,24,26,27). The van der Waals surface area contributed by atoms with Crippen molar-refractivity contribution in [3.05, 3.63) is 59.0 Å². The number of guanidine groups is 1. The van der Waals surface area contributed by atoms with E-state index in [0.717, 1.165) is 67.6 Å². The van der Waals surface area contributed by atoms with E-state index >= 15 is 0 Å². The predicted octanol–water partition coefficient (Wildman–Crippen LogP) is 2.19. The van der Waals surface area contributed by atoms with Crippen LogP contribution in [0.1, 0.15) is 16.7 Å². The summed E-state index contributed by atoms with van der Waals surface area (Å²) in [5, 5.41) is 6.73. The van der Waals surface area contributed by atoms with E-state index in [9.17, 15) is 4.39 Å². The third-order valence-corrected chi connectivity index (χ3v) is 5.33. The van der Waals surface area contributed by atoms with E-state index < -0.39 is 0 Å². The molecule has 0 spiro atoms. The van der Waals surface area contributed by atoms with E-state index in [1.165, 1.54) is 6.07 Å². The summed E-state index contributed by atoms with van der Waals surface area (Å²) >= 11 is 0. The fourth-order valence-electron chi connectivity index (χ4n) is 3.53. The molecule has 29 heavy (non-hydrogen) atoms. The molecular formula is C22H31FN6. The molecule has 0 saturated carbocycles. The van der Waals surface area contributed by atoms with Gasteiger partial charge in [-0.05, 0) is 49.7 Å². The molecule has 1 aromatic carbocycles. The number of nitrogens with one attached hydrogen (secondary N) is 2. The van der Waals surface area contributed by atoms with Gasteiger partial charge < -0.3 is 20.4 Å². The summed E-state index contributed by atoms with van der Waals surface area (Å²) in [6.45, 7) is 7.41. The van der Waals surface area contributed by atoms with Crippen LogP contribution >= 0.6 is 0 Å². The summed E-state index contributed by atoms with van der Waals surface area (Å²) in [4.78, 5) is 13.6. The van der Waals surface area contributed by atoms with Crippen LogP contribution in [0, 0.1) is 12.7 Å². The van der Waals surface area contributed by atoms with E-state index in [4.69, 9.17) is 0 Å². The monoisotopic (exact) mass is 398 g/mol. The number of pyridine rings is 1. The van der Waals surface area contributed by atoms with Crippen LogP contribution in [0.15, 0.2) is 41.5 Å². The van der Waals surface area contributed by atoms with Gasteiger partial charge in [0.05, 0.1) is 0 Å². The maximum absolute atomic E-state index is 13.2. The molecule has 0 aliphatic carbocycles. The number of aromatic nitrogens is 1. The Balaban J connectivity index is 1.53. The Morgan fingerprint density at radius 1 is 1.14 bits per heavy atom. The van der Waals surface area contributed by atoms with Crippen LogP contribution in [-0.2, 0) is 13.0 Å². The highest BCUT2D eigenvalue weighted by Crippen LogP contribution is 2.18. The van der Waals surface area contributed by atoms with Crippen molar-refractivity contribution in [2.45, 2.75) is 19.9 Å². The minimum Gasteiger partial charge on any atom is -0.356 e. The van der Waals surface area contributed by atoms with E-state index in [1.54, 1.807) is 13.1 Å².